The zero-order valence-corrected chi connectivity index (χ0v) is 29.2. The van der Waals surface area contributed by atoms with E-state index in [1.807, 2.05) is 60.8 Å². The first kappa shape index (κ1) is 36.9. The zero-order valence-electron chi connectivity index (χ0n) is 29.2. The molecule has 0 bridgehead atoms. The first-order valence-corrected chi connectivity index (χ1v) is 17.7. The van der Waals surface area contributed by atoms with Crippen molar-refractivity contribution in [3.63, 3.8) is 0 Å². The Bertz CT molecular complexity index is 1630. The van der Waals surface area contributed by atoms with Crippen LogP contribution in [0.15, 0.2) is 97.2 Å². The molecule has 1 aromatic heterocycles. The van der Waals surface area contributed by atoms with Crippen LogP contribution in [0.3, 0.4) is 0 Å². The Balaban J connectivity index is 1.22. The van der Waals surface area contributed by atoms with Gasteiger partial charge in [-0.1, -0.05) is 85.3 Å². The number of carbonyl (C=O) groups is 2. The molecule has 1 fully saturated rings. The third-order valence-corrected chi connectivity index (χ3v) is 9.05. The predicted molar refractivity (Wildman–Crippen MR) is 195 cm³/mol. The van der Waals surface area contributed by atoms with E-state index in [1.54, 1.807) is 0 Å². The second-order valence-corrected chi connectivity index (χ2v) is 13.0. The quantitative estimate of drug-likeness (QED) is 0.113. The summed E-state index contributed by atoms with van der Waals surface area (Å²) in [6, 6.07) is 30.4. The highest BCUT2D eigenvalue weighted by Crippen LogP contribution is 2.38. The molecule has 9 nitrogen and oxygen atoms in total. The second-order valence-electron chi connectivity index (χ2n) is 13.0. The van der Waals surface area contributed by atoms with E-state index in [0.717, 1.165) is 84.3 Å². The number of aliphatic hydroxyl groups is 1. The van der Waals surface area contributed by atoms with Crippen LogP contribution in [0, 0.1) is 0 Å². The van der Waals surface area contributed by atoms with E-state index < -0.39 is 6.29 Å². The molecule has 0 radical (unpaired) electrons. The van der Waals surface area contributed by atoms with Crippen LogP contribution >= 0.6 is 0 Å². The number of hydrogen-bond donors (Lipinski definition) is 3. The van der Waals surface area contributed by atoms with Gasteiger partial charge in [-0.15, -0.1) is 0 Å². The van der Waals surface area contributed by atoms with Gasteiger partial charge in [0.2, 0.25) is 11.8 Å². The van der Waals surface area contributed by atoms with Gasteiger partial charge in [0.05, 0.1) is 18.8 Å². The van der Waals surface area contributed by atoms with Crippen molar-refractivity contribution in [3.8, 4) is 11.1 Å². The number of nitrogens with zero attached hydrogens (tertiary/aromatic N) is 2. The van der Waals surface area contributed by atoms with Gasteiger partial charge in [-0.25, -0.2) is 0 Å². The maximum Gasteiger partial charge on any atom is 0.220 e. The molecule has 1 aliphatic heterocycles. The van der Waals surface area contributed by atoms with Gasteiger partial charge in [-0.05, 0) is 59.8 Å². The van der Waals surface area contributed by atoms with Crippen LogP contribution in [0.4, 0.5) is 0 Å². The molecule has 0 saturated carbocycles. The number of unbranched alkanes of at least 4 members (excludes halogenated alkanes) is 2. The molecular weight excluding hydrogens is 628 g/mol. The first-order chi connectivity index (χ1) is 24.4. The average molecular weight is 679 g/mol. The van der Waals surface area contributed by atoms with Crippen LogP contribution in [0.1, 0.15) is 79.4 Å². The number of rotatable bonds is 17. The molecule has 0 aliphatic carbocycles. The topological polar surface area (TPSA) is 113 Å². The molecule has 264 valence electrons. The molecule has 1 aliphatic rings. The van der Waals surface area contributed by atoms with Gasteiger partial charge in [0.15, 0.2) is 6.29 Å². The van der Waals surface area contributed by atoms with Gasteiger partial charge >= 0.3 is 0 Å². The van der Waals surface area contributed by atoms with E-state index in [2.05, 4.69) is 64.0 Å². The molecule has 3 N–H and O–H groups in total. The van der Waals surface area contributed by atoms with Crippen LogP contribution in [0.5, 0.6) is 0 Å². The van der Waals surface area contributed by atoms with E-state index in [9.17, 15) is 14.7 Å². The second kappa shape index (κ2) is 19.1. The van der Waals surface area contributed by atoms with Gasteiger partial charge in [0.25, 0.3) is 0 Å². The lowest BCUT2D eigenvalue weighted by atomic mass is 9.97. The van der Waals surface area contributed by atoms with Crippen LogP contribution < -0.4 is 10.6 Å². The number of benzene rings is 3. The van der Waals surface area contributed by atoms with Gasteiger partial charge in [-0.2, -0.15) is 0 Å². The van der Waals surface area contributed by atoms with E-state index in [1.165, 1.54) is 6.92 Å². The standard InChI is InChI=1S/C41H50N4O5/c1-30(47)42-23-8-3-4-13-40(48)44-27-35-10-5-6-12-38(35)32-18-20-34(21-19-32)41-49-37(28-45(2)25-22-36-11-7-9-24-43-36)26-39(50-41)33-16-14-31(29-46)15-17-33/h5-7,9-12,14-21,24,37,39,41,46H,3-4,8,13,22-23,25-29H2,1-2H3,(H,42,47)(H,44,48)/t37-,39+,41+/m1/s1. The number of nitrogens with one attached hydrogen (secondary N) is 2. The van der Waals surface area contributed by atoms with Crippen molar-refractivity contribution in [2.45, 2.75) is 77.1 Å². The maximum absolute atomic E-state index is 12.6. The lowest BCUT2D eigenvalue weighted by molar-refractivity contribution is -0.252. The molecule has 1 saturated heterocycles. The number of pyridine rings is 1. The van der Waals surface area contributed by atoms with Crippen LogP contribution in [0.25, 0.3) is 11.1 Å². The summed E-state index contributed by atoms with van der Waals surface area (Å²) in [5.74, 6) is 0.00123. The van der Waals surface area contributed by atoms with Gasteiger partial charge < -0.3 is 30.1 Å². The summed E-state index contributed by atoms with van der Waals surface area (Å²) in [5, 5.41) is 15.4. The lowest BCUT2D eigenvalue weighted by Gasteiger charge is -2.38. The number of likely N-dealkylation sites (N-methyl/N-ethyl adjacent to an activating group) is 1. The smallest absolute Gasteiger partial charge is 0.220 e. The third-order valence-electron chi connectivity index (χ3n) is 9.05. The molecule has 2 amide bonds. The minimum Gasteiger partial charge on any atom is -0.392 e. The molecule has 4 aromatic rings. The summed E-state index contributed by atoms with van der Waals surface area (Å²) in [6.07, 6.45) is 5.69. The SMILES string of the molecule is CC(=O)NCCCCCC(=O)NCc1ccccc1-c1ccc([C@H]2O[C@@H](CN(C)CCc3ccccn3)C[C@@H](c3ccc(CO)cc3)O2)cc1. The largest absolute Gasteiger partial charge is 0.392 e. The van der Waals surface area contributed by atoms with Gasteiger partial charge in [0, 0.05) is 69.8 Å². The summed E-state index contributed by atoms with van der Waals surface area (Å²) in [7, 11) is 2.12. The molecular formula is C41H50N4O5. The highest BCUT2D eigenvalue weighted by molar-refractivity contribution is 5.76. The molecule has 3 atom stereocenters. The highest BCUT2D eigenvalue weighted by Gasteiger charge is 2.32. The van der Waals surface area contributed by atoms with Crippen molar-refractivity contribution >= 4 is 11.8 Å². The molecule has 0 spiro atoms. The van der Waals surface area contributed by atoms with Crippen molar-refractivity contribution < 1.29 is 24.2 Å². The Kier molecular flexibility index (Phi) is 14.1. The number of hydrogen-bond acceptors (Lipinski definition) is 7. The Labute approximate surface area is 296 Å². The summed E-state index contributed by atoms with van der Waals surface area (Å²) < 4.78 is 13.2. The van der Waals surface area contributed by atoms with Crippen molar-refractivity contribution in [2.24, 2.45) is 0 Å². The Morgan fingerprint density at radius 2 is 1.64 bits per heavy atom. The summed E-state index contributed by atoms with van der Waals surface area (Å²) >= 11 is 0. The minimum absolute atomic E-state index is 0.00516. The Hall–Kier alpha value is -4.41. The fourth-order valence-electron chi connectivity index (χ4n) is 6.23. The van der Waals surface area contributed by atoms with Crippen molar-refractivity contribution in [2.75, 3.05) is 26.7 Å². The van der Waals surface area contributed by atoms with Crippen molar-refractivity contribution in [1.29, 1.82) is 0 Å². The first-order valence-electron chi connectivity index (χ1n) is 17.7. The van der Waals surface area contributed by atoms with Crippen molar-refractivity contribution in [1.82, 2.24) is 20.5 Å². The monoisotopic (exact) mass is 678 g/mol. The van der Waals surface area contributed by atoms with E-state index in [0.29, 0.717) is 19.5 Å². The number of ether oxygens (including phenoxy) is 2. The fraction of sp³-hybridized carbons (Fsp3) is 0.390. The molecule has 9 heteroatoms. The average Bonchev–Trinajstić information content (AvgIpc) is 3.15. The van der Waals surface area contributed by atoms with Crippen LogP contribution in [-0.2, 0) is 38.6 Å². The van der Waals surface area contributed by atoms with E-state index >= 15 is 0 Å². The zero-order chi connectivity index (χ0) is 35.1. The Morgan fingerprint density at radius 1 is 0.880 bits per heavy atom. The summed E-state index contributed by atoms with van der Waals surface area (Å²) in [4.78, 5) is 30.3. The number of aromatic nitrogens is 1. The van der Waals surface area contributed by atoms with Gasteiger partial charge in [0.1, 0.15) is 0 Å². The van der Waals surface area contributed by atoms with Crippen LogP contribution in [-0.4, -0.2) is 59.6 Å². The summed E-state index contributed by atoms with van der Waals surface area (Å²) in [5.41, 5.74) is 7.11. The lowest BCUT2D eigenvalue weighted by Crippen LogP contribution is -2.38. The third kappa shape index (κ3) is 11.3. The van der Waals surface area contributed by atoms with Crippen molar-refractivity contribution in [3.05, 3.63) is 125 Å². The highest BCUT2D eigenvalue weighted by atomic mass is 16.7. The molecule has 2 heterocycles. The number of carbonyl (C=O) groups excluding carboxylic acids is 2. The van der Waals surface area contributed by atoms with E-state index in [4.69, 9.17) is 9.47 Å². The predicted octanol–water partition coefficient (Wildman–Crippen LogP) is 6.27. The molecule has 0 unspecified atom stereocenters. The van der Waals surface area contributed by atoms with E-state index in [-0.39, 0.29) is 30.6 Å². The Morgan fingerprint density at radius 3 is 2.38 bits per heavy atom. The van der Waals surface area contributed by atoms with Gasteiger partial charge in [-0.3, -0.25) is 14.6 Å². The molecule has 3 aromatic carbocycles. The fourth-order valence-corrected chi connectivity index (χ4v) is 6.23. The summed E-state index contributed by atoms with van der Waals surface area (Å²) in [6.45, 7) is 4.24. The normalized spacial score (nSPS) is 17.4. The maximum atomic E-state index is 12.6. The molecule has 5 rings (SSSR count). The number of aliphatic hydroxyl groups excluding tert-OH is 1. The molecule has 50 heavy (non-hydrogen) atoms. The minimum atomic E-state index is -0.540. The van der Waals surface area contributed by atoms with Crippen LogP contribution in [0.2, 0.25) is 0 Å². The number of amides is 2.